The fourth-order valence-corrected chi connectivity index (χ4v) is 5.61. The molecule has 0 spiro atoms. The van der Waals surface area contributed by atoms with Crippen LogP contribution in [-0.4, -0.2) is 89.2 Å². The summed E-state index contributed by atoms with van der Waals surface area (Å²) in [4.78, 5) is 59.9. The normalized spacial score (nSPS) is 20.5. The number of amides is 4. The van der Waals surface area contributed by atoms with Gasteiger partial charge in [-0.05, 0) is 50.3 Å². The van der Waals surface area contributed by atoms with Crippen LogP contribution < -0.4 is 30.7 Å². The molecule has 0 fully saturated rings. The molecule has 0 saturated carbocycles. The highest BCUT2D eigenvalue weighted by Crippen LogP contribution is 2.28. The Bertz CT molecular complexity index is 1590. The summed E-state index contributed by atoms with van der Waals surface area (Å²) < 4.78 is 12.3. The Kier molecular flexibility index (Phi) is 13.1. The van der Waals surface area contributed by atoms with E-state index < -0.39 is 29.9 Å². The van der Waals surface area contributed by atoms with Gasteiger partial charge in [-0.1, -0.05) is 50.2 Å². The molecule has 3 atom stereocenters. The van der Waals surface area contributed by atoms with Gasteiger partial charge in [0.1, 0.15) is 24.5 Å². The fraction of sp³-hybridized carbons (Fsp3) is 0.486. The van der Waals surface area contributed by atoms with Crippen molar-refractivity contribution >= 4 is 23.6 Å². The number of nitrogens with one attached hydrogen (secondary N) is 4. The summed E-state index contributed by atoms with van der Waals surface area (Å²) in [6.45, 7) is 8.37. The molecule has 0 unspecified atom stereocenters. The van der Waals surface area contributed by atoms with Crippen molar-refractivity contribution in [1.82, 2.24) is 40.9 Å². The van der Waals surface area contributed by atoms with Crippen LogP contribution in [-0.2, 0) is 32.3 Å². The maximum atomic E-state index is 13.6. The van der Waals surface area contributed by atoms with Gasteiger partial charge >= 0.3 is 0 Å². The number of fused-ring (bicyclic) bond motifs is 1. The zero-order valence-corrected chi connectivity index (χ0v) is 29.1. The third kappa shape index (κ3) is 10.5. The summed E-state index contributed by atoms with van der Waals surface area (Å²) in [6, 6.07) is 12.5. The number of nitrogens with zero attached hydrogens (tertiary/aromatic N) is 4. The highest BCUT2D eigenvalue weighted by atomic mass is 16.5. The van der Waals surface area contributed by atoms with Crippen LogP contribution in [0.25, 0.3) is 11.4 Å². The maximum Gasteiger partial charge on any atom is 0.243 e. The molecule has 0 bridgehead atoms. The number of methoxy groups -OCH3 is 2. The maximum absolute atomic E-state index is 13.6. The van der Waals surface area contributed by atoms with E-state index >= 15 is 0 Å². The molecule has 1 aliphatic rings. The second kappa shape index (κ2) is 17.4. The second-order valence-corrected chi connectivity index (χ2v) is 12.6. The minimum absolute atomic E-state index is 0.00207. The molecule has 1 aliphatic heterocycles. The van der Waals surface area contributed by atoms with E-state index in [0.717, 1.165) is 11.1 Å². The first kappa shape index (κ1) is 36.8. The van der Waals surface area contributed by atoms with Crippen molar-refractivity contribution in [2.45, 2.75) is 71.8 Å². The lowest BCUT2D eigenvalue weighted by molar-refractivity contribution is -0.132. The van der Waals surface area contributed by atoms with Gasteiger partial charge in [0, 0.05) is 25.2 Å². The largest absolute Gasteiger partial charge is 0.493 e. The fourth-order valence-electron chi connectivity index (χ4n) is 5.61. The van der Waals surface area contributed by atoms with E-state index in [1.165, 1.54) is 4.68 Å². The highest BCUT2D eigenvalue weighted by molar-refractivity contribution is 5.92. The molecule has 4 rings (SSSR count). The van der Waals surface area contributed by atoms with Crippen LogP contribution in [0.2, 0.25) is 0 Å². The van der Waals surface area contributed by atoms with Gasteiger partial charge in [-0.3, -0.25) is 24.1 Å². The molecule has 14 heteroatoms. The van der Waals surface area contributed by atoms with E-state index in [1.807, 2.05) is 61.2 Å². The Morgan fingerprint density at radius 2 is 1.59 bits per heavy atom. The Morgan fingerprint density at radius 1 is 0.857 bits per heavy atom. The zero-order valence-electron chi connectivity index (χ0n) is 29.1. The van der Waals surface area contributed by atoms with Crippen LogP contribution >= 0.6 is 0 Å². The number of benzene rings is 2. The molecule has 2 aromatic carbocycles. The Balaban J connectivity index is 1.61. The molecule has 264 valence electrons. The van der Waals surface area contributed by atoms with Gasteiger partial charge < -0.3 is 30.7 Å². The molecular formula is C35H48N8O6. The first-order valence-corrected chi connectivity index (χ1v) is 16.6. The minimum Gasteiger partial charge on any atom is -0.493 e. The number of hydrogen-bond donors (Lipinski definition) is 4. The number of carbonyl (C=O) groups is 4. The van der Waals surface area contributed by atoms with Crippen molar-refractivity contribution in [3.05, 3.63) is 59.9 Å². The van der Waals surface area contributed by atoms with Crippen LogP contribution in [0.15, 0.2) is 48.5 Å². The topological polar surface area (TPSA) is 169 Å². The predicted octanol–water partition coefficient (Wildman–Crippen LogP) is 2.20. The van der Waals surface area contributed by atoms with Crippen molar-refractivity contribution in [1.29, 1.82) is 0 Å². The summed E-state index contributed by atoms with van der Waals surface area (Å²) in [5.74, 6) is 0.553. The molecule has 49 heavy (non-hydrogen) atoms. The number of ether oxygens (including phenoxy) is 2. The van der Waals surface area contributed by atoms with Gasteiger partial charge in [0.2, 0.25) is 23.6 Å². The van der Waals surface area contributed by atoms with Crippen LogP contribution in [0.5, 0.6) is 11.5 Å². The van der Waals surface area contributed by atoms with E-state index in [2.05, 4.69) is 26.4 Å². The molecule has 14 nitrogen and oxygen atoms in total. The van der Waals surface area contributed by atoms with Gasteiger partial charge in [0.05, 0.1) is 26.8 Å². The molecular weight excluding hydrogens is 628 g/mol. The summed E-state index contributed by atoms with van der Waals surface area (Å²) in [7, 11) is 3.12. The van der Waals surface area contributed by atoms with E-state index in [9.17, 15) is 19.2 Å². The van der Waals surface area contributed by atoms with Crippen molar-refractivity contribution in [2.75, 3.05) is 33.9 Å². The third-order valence-corrected chi connectivity index (χ3v) is 8.08. The van der Waals surface area contributed by atoms with Crippen LogP contribution in [0.1, 0.15) is 58.0 Å². The van der Waals surface area contributed by atoms with Crippen LogP contribution in [0.4, 0.5) is 0 Å². The summed E-state index contributed by atoms with van der Waals surface area (Å²) in [5.41, 5.74) is 1.66. The number of rotatable bonds is 7. The second-order valence-electron chi connectivity index (χ2n) is 12.6. The molecule has 0 radical (unpaired) electrons. The third-order valence-electron chi connectivity index (χ3n) is 8.08. The number of hydrogen-bond acceptors (Lipinski definition) is 9. The first-order valence-electron chi connectivity index (χ1n) is 16.6. The van der Waals surface area contributed by atoms with Crippen molar-refractivity contribution in [2.24, 2.45) is 5.92 Å². The van der Waals surface area contributed by atoms with E-state index in [1.54, 1.807) is 34.1 Å². The lowest BCUT2D eigenvalue weighted by Crippen LogP contribution is -2.54. The SMILES string of the molecule is COc1ccc(CN2CCCNC(=O)Cn3nc(-c4ccccc4)nc3[C@H](C)NC(=O)[C@@H](CC(C)C)NC(=O)[C@@H](C)NC(=O)C2)cc1OC. The smallest absolute Gasteiger partial charge is 0.243 e. The van der Waals surface area contributed by atoms with Crippen LogP contribution in [0, 0.1) is 5.92 Å². The molecule has 4 amide bonds. The van der Waals surface area contributed by atoms with Gasteiger partial charge in [0.25, 0.3) is 0 Å². The quantitative estimate of drug-likeness (QED) is 0.293. The average molecular weight is 677 g/mol. The Labute approximate surface area is 287 Å². The van der Waals surface area contributed by atoms with Gasteiger partial charge in [0.15, 0.2) is 17.3 Å². The lowest BCUT2D eigenvalue weighted by Gasteiger charge is -2.25. The minimum atomic E-state index is -0.895. The molecule has 2 heterocycles. The lowest BCUT2D eigenvalue weighted by atomic mass is 10.0. The van der Waals surface area contributed by atoms with Crippen molar-refractivity contribution in [3.8, 4) is 22.9 Å². The predicted molar refractivity (Wildman–Crippen MR) is 183 cm³/mol. The van der Waals surface area contributed by atoms with Crippen LogP contribution in [0.3, 0.4) is 0 Å². The molecule has 4 N–H and O–H groups in total. The highest BCUT2D eigenvalue weighted by Gasteiger charge is 2.28. The Morgan fingerprint density at radius 3 is 2.29 bits per heavy atom. The summed E-state index contributed by atoms with van der Waals surface area (Å²) >= 11 is 0. The monoisotopic (exact) mass is 676 g/mol. The van der Waals surface area contributed by atoms with Crippen molar-refractivity contribution < 1.29 is 28.7 Å². The van der Waals surface area contributed by atoms with Crippen molar-refractivity contribution in [3.63, 3.8) is 0 Å². The van der Waals surface area contributed by atoms with E-state index in [4.69, 9.17) is 14.5 Å². The summed E-state index contributed by atoms with van der Waals surface area (Å²) in [6.07, 6.45) is 0.916. The van der Waals surface area contributed by atoms with E-state index in [-0.39, 0.29) is 30.8 Å². The standard InChI is InChI=1S/C35H48N8O6/c1-22(2)17-27-35(47)38-23(3)33-40-32(26-11-8-7-9-12-26)41-43(33)21-30(44)36-15-10-16-42(20-31(45)37-24(4)34(46)39-27)19-25-13-14-28(48-5)29(18-25)49-6/h7-9,11-14,18,22-24,27H,10,15-17,19-21H2,1-6H3,(H,36,44)(H,37,45)(H,38,47)(H,39,46)/t23-,24+,27+/m0/s1. The van der Waals surface area contributed by atoms with E-state index in [0.29, 0.717) is 55.6 Å². The zero-order chi connectivity index (χ0) is 35.5. The molecule has 0 aliphatic carbocycles. The van der Waals surface area contributed by atoms with Gasteiger partial charge in [-0.15, -0.1) is 0 Å². The van der Waals surface area contributed by atoms with Gasteiger partial charge in [-0.2, -0.15) is 5.10 Å². The average Bonchev–Trinajstić information content (AvgIpc) is 3.49. The summed E-state index contributed by atoms with van der Waals surface area (Å²) in [5, 5.41) is 16.1. The number of carbonyl (C=O) groups excluding carboxylic acids is 4. The molecule has 1 aromatic heterocycles. The Hall–Kier alpha value is -4.98. The van der Waals surface area contributed by atoms with Gasteiger partial charge in [-0.25, -0.2) is 9.67 Å². The number of aromatic nitrogens is 3. The first-order chi connectivity index (χ1) is 23.5. The molecule has 3 aromatic rings. The molecule has 0 saturated heterocycles.